The average molecular weight is 514 g/mol. The average Bonchev–Trinajstić information content (AvgIpc) is 3.46. The SMILES string of the molecule is CC1(C)c2ccccc2-c2ccc(-c3cc(-n4c5ccccc5c5ccccc54)nc(-c4ccccc4)n3)cc21. The van der Waals surface area contributed by atoms with E-state index in [1.165, 1.54) is 33.0 Å². The van der Waals surface area contributed by atoms with E-state index in [1.807, 2.05) is 18.2 Å². The molecule has 5 aromatic carbocycles. The Morgan fingerprint density at radius 3 is 1.90 bits per heavy atom. The zero-order valence-corrected chi connectivity index (χ0v) is 22.5. The lowest BCUT2D eigenvalue weighted by atomic mass is 9.82. The van der Waals surface area contributed by atoms with Crippen molar-refractivity contribution in [1.82, 2.24) is 14.5 Å². The van der Waals surface area contributed by atoms with Crippen LogP contribution in [0.25, 0.3) is 61.4 Å². The van der Waals surface area contributed by atoms with Gasteiger partial charge in [0.15, 0.2) is 5.82 Å². The molecule has 0 aliphatic heterocycles. The van der Waals surface area contributed by atoms with Crippen molar-refractivity contribution in [2.75, 3.05) is 0 Å². The van der Waals surface area contributed by atoms with Gasteiger partial charge in [0.25, 0.3) is 0 Å². The molecular formula is C37H27N3. The number of hydrogen-bond donors (Lipinski definition) is 0. The molecule has 3 heteroatoms. The van der Waals surface area contributed by atoms with E-state index < -0.39 is 0 Å². The highest BCUT2D eigenvalue weighted by atomic mass is 15.1. The monoisotopic (exact) mass is 513 g/mol. The predicted molar refractivity (Wildman–Crippen MR) is 165 cm³/mol. The van der Waals surface area contributed by atoms with Gasteiger partial charge in [0, 0.05) is 33.4 Å². The minimum Gasteiger partial charge on any atom is -0.294 e. The molecule has 1 aliphatic rings. The van der Waals surface area contributed by atoms with E-state index in [9.17, 15) is 0 Å². The third kappa shape index (κ3) is 3.31. The maximum Gasteiger partial charge on any atom is 0.162 e. The summed E-state index contributed by atoms with van der Waals surface area (Å²) in [4.78, 5) is 10.3. The van der Waals surface area contributed by atoms with E-state index >= 15 is 0 Å². The zero-order chi connectivity index (χ0) is 26.8. The van der Waals surface area contributed by atoms with Gasteiger partial charge in [0.05, 0.1) is 16.7 Å². The standard InChI is InChI=1S/C37H27N3/c1-37(2)30-17-9-6-14-26(30)27-21-20-25(22-31(27)37)32-23-35(39-36(38-32)24-12-4-3-5-13-24)40-33-18-10-7-15-28(33)29-16-8-11-19-34(29)40/h3-23H,1-2H3. The molecule has 2 aromatic heterocycles. The second-order valence-electron chi connectivity index (χ2n) is 11.1. The number of para-hydroxylation sites is 2. The molecular weight excluding hydrogens is 486 g/mol. The van der Waals surface area contributed by atoms with E-state index in [0.29, 0.717) is 0 Å². The summed E-state index contributed by atoms with van der Waals surface area (Å²) in [5, 5.41) is 2.44. The predicted octanol–water partition coefficient (Wildman–Crippen LogP) is 9.21. The molecule has 0 N–H and O–H groups in total. The largest absolute Gasteiger partial charge is 0.294 e. The molecule has 0 atom stereocenters. The summed E-state index contributed by atoms with van der Waals surface area (Å²) in [6, 6.07) is 45.1. The number of aromatic nitrogens is 3. The molecule has 2 heterocycles. The van der Waals surface area contributed by atoms with Gasteiger partial charge >= 0.3 is 0 Å². The van der Waals surface area contributed by atoms with E-state index in [0.717, 1.165) is 39.5 Å². The molecule has 8 rings (SSSR count). The summed E-state index contributed by atoms with van der Waals surface area (Å²) < 4.78 is 2.27. The van der Waals surface area contributed by atoms with Crippen LogP contribution < -0.4 is 0 Å². The third-order valence-corrected chi connectivity index (χ3v) is 8.43. The van der Waals surface area contributed by atoms with Gasteiger partial charge < -0.3 is 0 Å². The Labute approximate surface area is 233 Å². The number of rotatable bonds is 3. The zero-order valence-electron chi connectivity index (χ0n) is 22.5. The van der Waals surface area contributed by atoms with Crippen molar-refractivity contribution in [3.8, 4) is 39.6 Å². The summed E-state index contributed by atoms with van der Waals surface area (Å²) in [5.74, 6) is 1.59. The van der Waals surface area contributed by atoms with E-state index in [4.69, 9.17) is 9.97 Å². The van der Waals surface area contributed by atoms with Crippen LogP contribution in [-0.4, -0.2) is 14.5 Å². The molecule has 0 fully saturated rings. The van der Waals surface area contributed by atoms with Crippen molar-refractivity contribution >= 4 is 21.8 Å². The first kappa shape index (κ1) is 22.9. The molecule has 190 valence electrons. The summed E-state index contributed by atoms with van der Waals surface area (Å²) >= 11 is 0. The minimum atomic E-state index is -0.0765. The lowest BCUT2D eigenvalue weighted by Gasteiger charge is -2.22. The maximum absolute atomic E-state index is 5.16. The van der Waals surface area contributed by atoms with E-state index in [-0.39, 0.29) is 5.41 Å². The highest BCUT2D eigenvalue weighted by molar-refractivity contribution is 6.09. The van der Waals surface area contributed by atoms with Crippen LogP contribution in [-0.2, 0) is 5.41 Å². The first-order chi connectivity index (χ1) is 19.6. The number of fused-ring (bicyclic) bond motifs is 6. The van der Waals surface area contributed by atoms with Crippen LogP contribution in [0, 0.1) is 0 Å². The summed E-state index contributed by atoms with van der Waals surface area (Å²) in [6.07, 6.45) is 0. The van der Waals surface area contributed by atoms with Crippen LogP contribution in [0.5, 0.6) is 0 Å². The van der Waals surface area contributed by atoms with Crippen LogP contribution in [0.4, 0.5) is 0 Å². The van der Waals surface area contributed by atoms with E-state index in [1.54, 1.807) is 0 Å². The van der Waals surface area contributed by atoms with Crippen molar-refractivity contribution in [2.45, 2.75) is 19.3 Å². The third-order valence-electron chi connectivity index (χ3n) is 8.43. The Kier molecular flexibility index (Phi) is 4.86. The maximum atomic E-state index is 5.16. The van der Waals surface area contributed by atoms with E-state index in [2.05, 4.69) is 128 Å². The molecule has 0 bridgehead atoms. The number of benzene rings is 5. The number of nitrogens with zero attached hydrogens (tertiary/aromatic N) is 3. The van der Waals surface area contributed by atoms with Crippen molar-refractivity contribution in [3.05, 3.63) is 139 Å². The molecule has 1 aliphatic carbocycles. The second kappa shape index (κ2) is 8.49. The Balaban J connectivity index is 1.39. The fourth-order valence-corrected chi connectivity index (χ4v) is 6.45. The molecule has 0 saturated heterocycles. The molecule has 0 spiro atoms. The number of hydrogen-bond acceptors (Lipinski definition) is 2. The van der Waals surface area contributed by atoms with Crippen LogP contribution >= 0.6 is 0 Å². The van der Waals surface area contributed by atoms with Crippen molar-refractivity contribution in [2.24, 2.45) is 0 Å². The Bertz CT molecular complexity index is 2030. The normalized spacial score (nSPS) is 13.4. The highest BCUT2D eigenvalue weighted by Gasteiger charge is 2.35. The second-order valence-corrected chi connectivity index (χ2v) is 11.1. The Hall–Kier alpha value is -5.02. The van der Waals surface area contributed by atoms with Gasteiger partial charge in [-0.2, -0.15) is 0 Å². The van der Waals surface area contributed by atoms with Crippen LogP contribution in [0.3, 0.4) is 0 Å². The lowest BCUT2D eigenvalue weighted by Crippen LogP contribution is -2.15. The molecule has 0 unspecified atom stereocenters. The van der Waals surface area contributed by atoms with Gasteiger partial charge in [-0.15, -0.1) is 0 Å². The fraction of sp³-hybridized carbons (Fsp3) is 0.0811. The molecule has 3 nitrogen and oxygen atoms in total. The van der Waals surface area contributed by atoms with Crippen LogP contribution in [0.2, 0.25) is 0 Å². The molecule has 0 saturated carbocycles. The smallest absolute Gasteiger partial charge is 0.162 e. The summed E-state index contributed by atoms with van der Waals surface area (Å²) in [5.41, 5.74) is 10.6. The first-order valence-corrected chi connectivity index (χ1v) is 13.8. The molecule has 7 aromatic rings. The lowest BCUT2D eigenvalue weighted by molar-refractivity contribution is 0.660. The minimum absolute atomic E-state index is 0.0765. The van der Waals surface area contributed by atoms with Gasteiger partial charge in [0.1, 0.15) is 5.82 Å². The van der Waals surface area contributed by atoms with Gasteiger partial charge in [0.2, 0.25) is 0 Å². The van der Waals surface area contributed by atoms with Crippen LogP contribution in [0.1, 0.15) is 25.0 Å². The Morgan fingerprint density at radius 2 is 1.15 bits per heavy atom. The van der Waals surface area contributed by atoms with Crippen molar-refractivity contribution in [3.63, 3.8) is 0 Å². The van der Waals surface area contributed by atoms with Gasteiger partial charge in [-0.3, -0.25) is 4.57 Å². The quantitative estimate of drug-likeness (QED) is 0.236. The first-order valence-electron chi connectivity index (χ1n) is 13.8. The summed E-state index contributed by atoms with van der Waals surface area (Å²) in [6.45, 7) is 4.64. The van der Waals surface area contributed by atoms with Crippen LogP contribution in [0.15, 0.2) is 127 Å². The molecule has 40 heavy (non-hydrogen) atoms. The van der Waals surface area contributed by atoms with Crippen molar-refractivity contribution in [1.29, 1.82) is 0 Å². The fourth-order valence-electron chi connectivity index (χ4n) is 6.45. The van der Waals surface area contributed by atoms with Gasteiger partial charge in [-0.1, -0.05) is 117 Å². The van der Waals surface area contributed by atoms with Gasteiger partial charge in [-0.25, -0.2) is 9.97 Å². The highest BCUT2D eigenvalue weighted by Crippen LogP contribution is 2.49. The Morgan fingerprint density at radius 1 is 0.525 bits per heavy atom. The molecule has 0 radical (unpaired) electrons. The summed E-state index contributed by atoms with van der Waals surface area (Å²) in [7, 11) is 0. The van der Waals surface area contributed by atoms with Crippen molar-refractivity contribution < 1.29 is 0 Å². The topological polar surface area (TPSA) is 30.7 Å². The molecule has 0 amide bonds. The van der Waals surface area contributed by atoms with Gasteiger partial charge in [-0.05, 0) is 40.5 Å².